The molecule has 0 unspecified atom stereocenters. The second-order valence-corrected chi connectivity index (χ2v) is 6.43. The van der Waals surface area contributed by atoms with Crippen molar-refractivity contribution >= 4 is 12.0 Å². The minimum Gasteiger partial charge on any atom is -0.444 e. The van der Waals surface area contributed by atoms with E-state index >= 15 is 0 Å². The Hall–Kier alpha value is -1.85. The van der Waals surface area contributed by atoms with Crippen molar-refractivity contribution in [1.82, 2.24) is 15.3 Å². The highest BCUT2D eigenvalue weighted by Crippen LogP contribution is 2.16. The number of alkyl carbamates (subject to hydrolysis) is 1. The van der Waals surface area contributed by atoms with Crippen LogP contribution in [-0.4, -0.2) is 40.8 Å². The highest BCUT2D eigenvalue weighted by molar-refractivity contribution is 5.68. The lowest BCUT2D eigenvalue weighted by atomic mass is 10.1. The Morgan fingerprint density at radius 1 is 1.48 bits per heavy atom. The summed E-state index contributed by atoms with van der Waals surface area (Å²) in [7, 11) is 0. The van der Waals surface area contributed by atoms with Crippen LogP contribution in [0.25, 0.3) is 0 Å². The first-order valence-corrected chi connectivity index (χ1v) is 7.37. The summed E-state index contributed by atoms with van der Waals surface area (Å²) in [6.07, 6.45) is 3.35. The van der Waals surface area contributed by atoms with E-state index in [2.05, 4.69) is 20.2 Å². The number of carbonyl (C=O) groups excluding carboxylic acids is 1. The number of aromatic nitrogens is 2. The number of rotatable bonds is 2. The number of piperidine rings is 1. The summed E-state index contributed by atoms with van der Waals surface area (Å²) in [5.41, 5.74) is 0.472. The van der Waals surface area contributed by atoms with Crippen molar-refractivity contribution in [2.24, 2.45) is 0 Å². The molecule has 1 N–H and O–H groups in total. The molecule has 0 aliphatic carbocycles. The van der Waals surface area contributed by atoms with Crippen molar-refractivity contribution in [2.45, 2.75) is 52.2 Å². The molecule has 0 bridgehead atoms. The number of aryl methyl sites for hydroxylation is 1. The largest absolute Gasteiger partial charge is 0.444 e. The van der Waals surface area contributed by atoms with Crippen molar-refractivity contribution in [3.63, 3.8) is 0 Å². The maximum absolute atomic E-state index is 11.8. The van der Waals surface area contributed by atoms with Crippen LogP contribution in [0.15, 0.2) is 12.3 Å². The minimum absolute atomic E-state index is 0.0673. The summed E-state index contributed by atoms with van der Waals surface area (Å²) in [6, 6.07) is 1.95. The standard InChI is InChI=1S/C15H24N4O2/c1-11-7-8-16-13(17-11)19-9-5-6-12(10-19)18-14(20)21-15(2,3)4/h7-8,12H,5-6,9-10H2,1-4H3,(H,18,20)/t12-/m0/s1. The molecular formula is C15H24N4O2. The van der Waals surface area contributed by atoms with Crippen LogP contribution in [0, 0.1) is 6.92 Å². The van der Waals surface area contributed by atoms with E-state index < -0.39 is 5.60 Å². The van der Waals surface area contributed by atoms with Crippen LogP contribution in [0.5, 0.6) is 0 Å². The Labute approximate surface area is 125 Å². The molecule has 21 heavy (non-hydrogen) atoms. The van der Waals surface area contributed by atoms with E-state index in [9.17, 15) is 4.79 Å². The highest BCUT2D eigenvalue weighted by atomic mass is 16.6. The van der Waals surface area contributed by atoms with Gasteiger partial charge in [-0.15, -0.1) is 0 Å². The second kappa shape index (κ2) is 6.28. The van der Waals surface area contributed by atoms with E-state index in [1.54, 1.807) is 6.20 Å². The van der Waals surface area contributed by atoms with Crippen LogP contribution < -0.4 is 10.2 Å². The van der Waals surface area contributed by atoms with Crippen molar-refractivity contribution in [1.29, 1.82) is 0 Å². The third-order valence-corrected chi connectivity index (χ3v) is 3.21. The molecule has 2 rings (SSSR count). The van der Waals surface area contributed by atoms with E-state index in [1.165, 1.54) is 0 Å². The molecular weight excluding hydrogens is 268 g/mol. The van der Waals surface area contributed by atoms with Gasteiger partial charge < -0.3 is 15.0 Å². The van der Waals surface area contributed by atoms with Crippen LogP contribution in [0.2, 0.25) is 0 Å². The Morgan fingerprint density at radius 2 is 2.24 bits per heavy atom. The molecule has 0 aromatic carbocycles. The number of nitrogens with one attached hydrogen (secondary N) is 1. The average molecular weight is 292 g/mol. The average Bonchev–Trinajstić information content (AvgIpc) is 2.36. The highest BCUT2D eigenvalue weighted by Gasteiger charge is 2.25. The minimum atomic E-state index is -0.474. The lowest BCUT2D eigenvalue weighted by Gasteiger charge is -2.33. The van der Waals surface area contributed by atoms with Crippen LogP contribution in [0.4, 0.5) is 10.7 Å². The third kappa shape index (κ3) is 4.88. The Bertz CT molecular complexity index is 499. The molecule has 0 radical (unpaired) electrons. The van der Waals surface area contributed by atoms with E-state index in [1.807, 2.05) is 33.8 Å². The van der Waals surface area contributed by atoms with Gasteiger partial charge in [-0.1, -0.05) is 0 Å². The van der Waals surface area contributed by atoms with Crippen LogP contribution in [0.3, 0.4) is 0 Å². The fraction of sp³-hybridized carbons (Fsp3) is 0.667. The van der Waals surface area contributed by atoms with Crippen molar-refractivity contribution in [3.8, 4) is 0 Å². The molecule has 6 heteroatoms. The molecule has 1 aliphatic heterocycles. The number of carbonyl (C=O) groups is 1. The molecule has 1 aromatic heterocycles. The van der Waals surface area contributed by atoms with Crippen molar-refractivity contribution < 1.29 is 9.53 Å². The van der Waals surface area contributed by atoms with Gasteiger partial charge in [-0.25, -0.2) is 14.8 Å². The number of hydrogen-bond donors (Lipinski definition) is 1. The normalized spacial score (nSPS) is 19.2. The first-order chi connectivity index (χ1) is 9.83. The summed E-state index contributed by atoms with van der Waals surface area (Å²) in [6.45, 7) is 9.16. The summed E-state index contributed by atoms with van der Waals surface area (Å²) in [5, 5.41) is 2.93. The number of amides is 1. The van der Waals surface area contributed by atoms with Gasteiger partial charge in [-0.3, -0.25) is 0 Å². The Morgan fingerprint density at radius 3 is 2.90 bits per heavy atom. The number of anilines is 1. The van der Waals surface area contributed by atoms with Crippen molar-refractivity contribution in [3.05, 3.63) is 18.0 Å². The lowest BCUT2D eigenvalue weighted by Crippen LogP contribution is -2.49. The molecule has 1 atom stereocenters. The quantitative estimate of drug-likeness (QED) is 0.905. The maximum Gasteiger partial charge on any atom is 0.407 e. The first-order valence-electron chi connectivity index (χ1n) is 7.37. The van der Waals surface area contributed by atoms with Gasteiger partial charge in [0.1, 0.15) is 5.60 Å². The van der Waals surface area contributed by atoms with Crippen LogP contribution in [-0.2, 0) is 4.74 Å². The summed E-state index contributed by atoms with van der Waals surface area (Å²) in [5.74, 6) is 0.727. The Balaban J connectivity index is 1.93. The maximum atomic E-state index is 11.8. The smallest absolute Gasteiger partial charge is 0.407 e. The number of nitrogens with zero attached hydrogens (tertiary/aromatic N) is 3. The first kappa shape index (κ1) is 15.5. The molecule has 1 aliphatic rings. The van der Waals surface area contributed by atoms with Gasteiger partial charge in [-0.05, 0) is 46.6 Å². The molecule has 0 spiro atoms. The van der Waals surface area contributed by atoms with E-state index in [0.29, 0.717) is 6.54 Å². The van der Waals surface area contributed by atoms with Crippen molar-refractivity contribution in [2.75, 3.05) is 18.0 Å². The van der Waals surface area contributed by atoms with E-state index in [4.69, 9.17) is 4.74 Å². The van der Waals surface area contributed by atoms with Gasteiger partial charge >= 0.3 is 6.09 Å². The molecule has 2 heterocycles. The summed E-state index contributed by atoms with van der Waals surface area (Å²) < 4.78 is 5.30. The van der Waals surface area contributed by atoms with Crippen LogP contribution in [0.1, 0.15) is 39.3 Å². The number of ether oxygens (including phenoxy) is 1. The zero-order chi connectivity index (χ0) is 15.5. The molecule has 6 nitrogen and oxygen atoms in total. The molecule has 1 aromatic rings. The van der Waals surface area contributed by atoms with Gasteiger partial charge in [0.15, 0.2) is 0 Å². The SMILES string of the molecule is Cc1ccnc(N2CCC[C@H](NC(=O)OC(C)(C)C)C2)n1. The van der Waals surface area contributed by atoms with E-state index in [0.717, 1.165) is 31.0 Å². The second-order valence-electron chi connectivity index (χ2n) is 6.43. The zero-order valence-corrected chi connectivity index (χ0v) is 13.2. The fourth-order valence-corrected chi connectivity index (χ4v) is 2.34. The van der Waals surface area contributed by atoms with Gasteiger partial charge in [0, 0.05) is 31.0 Å². The zero-order valence-electron chi connectivity index (χ0n) is 13.2. The molecule has 1 saturated heterocycles. The van der Waals surface area contributed by atoms with Gasteiger partial charge in [-0.2, -0.15) is 0 Å². The predicted molar refractivity (Wildman–Crippen MR) is 81.4 cm³/mol. The predicted octanol–water partition coefficient (Wildman–Crippen LogP) is 2.28. The van der Waals surface area contributed by atoms with Gasteiger partial charge in [0.2, 0.25) is 5.95 Å². The summed E-state index contributed by atoms with van der Waals surface area (Å²) >= 11 is 0. The van der Waals surface area contributed by atoms with Gasteiger partial charge in [0.25, 0.3) is 0 Å². The number of hydrogen-bond acceptors (Lipinski definition) is 5. The topological polar surface area (TPSA) is 67.4 Å². The molecule has 0 saturated carbocycles. The Kier molecular flexibility index (Phi) is 4.65. The molecule has 116 valence electrons. The monoisotopic (exact) mass is 292 g/mol. The molecule has 1 amide bonds. The molecule has 1 fully saturated rings. The van der Waals surface area contributed by atoms with E-state index in [-0.39, 0.29) is 12.1 Å². The van der Waals surface area contributed by atoms with Gasteiger partial charge in [0.05, 0.1) is 0 Å². The van der Waals surface area contributed by atoms with Crippen LogP contribution >= 0.6 is 0 Å². The third-order valence-electron chi connectivity index (χ3n) is 3.21. The summed E-state index contributed by atoms with van der Waals surface area (Å²) in [4.78, 5) is 22.7. The fourth-order valence-electron chi connectivity index (χ4n) is 2.34. The lowest BCUT2D eigenvalue weighted by molar-refractivity contribution is 0.0500.